The Morgan fingerprint density at radius 2 is 1.64 bits per heavy atom. The van der Waals surface area contributed by atoms with Crippen molar-refractivity contribution < 1.29 is 26.7 Å². The molecule has 1 heterocycles. The maximum absolute atomic E-state index is 12.9. The summed E-state index contributed by atoms with van der Waals surface area (Å²) >= 11 is 11.6. The Bertz CT molecular complexity index is 992. The van der Waals surface area contributed by atoms with E-state index in [1.54, 1.807) is 11.0 Å². The third kappa shape index (κ3) is 4.17. The molecule has 2 aromatic rings. The van der Waals surface area contributed by atoms with Crippen molar-refractivity contribution in [3.05, 3.63) is 52.0 Å². The van der Waals surface area contributed by atoms with E-state index in [9.17, 15) is 26.7 Å². The van der Waals surface area contributed by atoms with Gasteiger partial charge in [-0.2, -0.15) is 17.5 Å². The van der Waals surface area contributed by atoms with Crippen molar-refractivity contribution in [1.29, 1.82) is 0 Å². The Hall–Kier alpha value is -1.68. The van der Waals surface area contributed by atoms with Gasteiger partial charge in [0.25, 0.3) is 0 Å². The summed E-state index contributed by atoms with van der Waals surface area (Å²) < 4.78 is 65.5. The van der Waals surface area contributed by atoms with Crippen molar-refractivity contribution in [2.45, 2.75) is 11.1 Å². The van der Waals surface area contributed by atoms with Gasteiger partial charge in [0.1, 0.15) is 4.90 Å². The smallest absolute Gasteiger partial charge is 0.416 e. The fourth-order valence-electron chi connectivity index (χ4n) is 2.94. The van der Waals surface area contributed by atoms with Gasteiger partial charge in [-0.25, -0.2) is 8.42 Å². The summed E-state index contributed by atoms with van der Waals surface area (Å²) in [5.74, 6) is -0.591. The standard InChI is InChI=1S/C17H15Cl2F3N2O3S/c18-12-9-14(19)16(25)15(10-12)28(26,27)24-6-4-23(5-7-24)13-3-1-2-11(8-13)17(20,21)22/h1-3,8-10,25H,4-7H2. The van der Waals surface area contributed by atoms with E-state index in [0.29, 0.717) is 5.69 Å². The number of benzene rings is 2. The van der Waals surface area contributed by atoms with Gasteiger partial charge in [0.2, 0.25) is 10.0 Å². The summed E-state index contributed by atoms with van der Waals surface area (Å²) in [6.45, 7) is 0.440. The van der Waals surface area contributed by atoms with Crippen LogP contribution in [0.25, 0.3) is 0 Å². The van der Waals surface area contributed by atoms with Crippen molar-refractivity contribution in [1.82, 2.24) is 4.31 Å². The molecule has 0 atom stereocenters. The molecular formula is C17H15Cl2F3N2O3S. The molecule has 1 aliphatic heterocycles. The zero-order valence-corrected chi connectivity index (χ0v) is 16.6. The maximum Gasteiger partial charge on any atom is 0.416 e. The number of alkyl halides is 3. The van der Waals surface area contributed by atoms with Crippen molar-refractivity contribution >= 4 is 38.9 Å². The molecule has 0 unspecified atom stereocenters. The lowest BCUT2D eigenvalue weighted by Crippen LogP contribution is -2.48. The van der Waals surface area contributed by atoms with Crippen molar-refractivity contribution in [3.8, 4) is 5.75 Å². The molecular weight excluding hydrogens is 440 g/mol. The first-order valence-corrected chi connectivity index (χ1v) is 10.3. The van der Waals surface area contributed by atoms with Crippen LogP contribution in [0.3, 0.4) is 0 Å². The number of phenols is 1. The van der Waals surface area contributed by atoms with Crippen LogP contribution in [0.15, 0.2) is 41.3 Å². The Kier molecular flexibility index (Phi) is 5.73. The molecule has 0 bridgehead atoms. The molecule has 1 fully saturated rings. The molecule has 11 heteroatoms. The summed E-state index contributed by atoms with van der Waals surface area (Å²) in [4.78, 5) is 1.27. The fraction of sp³-hybridized carbons (Fsp3) is 0.294. The predicted molar refractivity (Wildman–Crippen MR) is 101 cm³/mol. The molecule has 3 rings (SSSR count). The highest BCUT2D eigenvalue weighted by Crippen LogP contribution is 2.36. The molecule has 152 valence electrons. The summed E-state index contributed by atoms with van der Waals surface area (Å²) in [5.41, 5.74) is -0.404. The van der Waals surface area contributed by atoms with Gasteiger partial charge in [0.15, 0.2) is 5.75 Å². The van der Waals surface area contributed by atoms with Gasteiger partial charge < -0.3 is 10.0 Å². The minimum atomic E-state index is -4.45. The number of piperazine rings is 1. The molecule has 5 nitrogen and oxygen atoms in total. The van der Waals surface area contributed by atoms with Crippen LogP contribution < -0.4 is 4.90 Å². The van der Waals surface area contributed by atoms with Crippen LogP contribution in [0.5, 0.6) is 5.75 Å². The van der Waals surface area contributed by atoms with E-state index >= 15 is 0 Å². The predicted octanol–water partition coefficient (Wildman–Crippen LogP) is 4.23. The number of anilines is 1. The summed E-state index contributed by atoms with van der Waals surface area (Å²) in [6.07, 6.45) is -4.45. The minimum Gasteiger partial charge on any atom is -0.505 e. The third-order valence-corrected chi connectivity index (χ3v) is 6.81. The van der Waals surface area contributed by atoms with Gasteiger partial charge in [0, 0.05) is 36.9 Å². The Balaban J connectivity index is 1.79. The Morgan fingerprint density at radius 1 is 1.00 bits per heavy atom. The number of nitrogens with zero attached hydrogens (tertiary/aromatic N) is 2. The first kappa shape index (κ1) is 21.0. The summed E-state index contributed by atoms with van der Waals surface area (Å²) in [6, 6.07) is 7.21. The van der Waals surface area contributed by atoms with E-state index in [1.165, 1.54) is 12.1 Å². The number of aromatic hydroxyl groups is 1. The topological polar surface area (TPSA) is 60.9 Å². The van der Waals surface area contributed by atoms with Crippen LogP contribution in [0, 0.1) is 0 Å². The highest BCUT2D eigenvalue weighted by Gasteiger charge is 2.33. The van der Waals surface area contributed by atoms with E-state index in [2.05, 4.69) is 0 Å². The minimum absolute atomic E-state index is 0.0299. The van der Waals surface area contributed by atoms with Crippen LogP contribution in [0.1, 0.15) is 5.56 Å². The molecule has 0 aliphatic carbocycles. The SMILES string of the molecule is O=S(=O)(c1cc(Cl)cc(Cl)c1O)N1CCN(c2cccc(C(F)(F)F)c2)CC1. The van der Waals surface area contributed by atoms with Gasteiger partial charge in [-0.05, 0) is 30.3 Å². The van der Waals surface area contributed by atoms with Gasteiger partial charge in [-0.3, -0.25) is 0 Å². The highest BCUT2D eigenvalue weighted by molar-refractivity contribution is 7.89. The van der Waals surface area contributed by atoms with Crippen molar-refractivity contribution in [2.75, 3.05) is 31.1 Å². The molecule has 1 aliphatic rings. The lowest BCUT2D eigenvalue weighted by atomic mass is 10.1. The van der Waals surface area contributed by atoms with Gasteiger partial charge in [-0.1, -0.05) is 29.3 Å². The second-order valence-corrected chi connectivity index (χ2v) is 8.92. The average molecular weight is 455 g/mol. The Labute approximate surface area is 169 Å². The van der Waals surface area contributed by atoms with Crippen molar-refractivity contribution in [2.24, 2.45) is 0 Å². The van der Waals surface area contributed by atoms with Crippen LogP contribution >= 0.6 is 23.2 Å². The quantitative estimate of drug-likeness (QED) is 0.753. The number of phenolic OH excluding ortho intramolecular Hbond substituents is 1. The van der Waals surface area contributed by atoms with E-state index in [-0.39, 0.29) is 36.2 Å². The van der Waals surface area contributed by atoms with Crippen molar-refractivity contribution in [3.63, 3.8) is 0 Å². The molecule has 0 spiro atoms. The normalized spacial score (nSPS) is 16.4. The van der Waals surface area contributed by atoms with Crippen LogP contribution in [0.4, 0.5) is 18.9 Å². The second-order valence-electron chi connectivity index (χ2n) is 6.17. The van der Waals surface area contributed by atoms with Crippen LogP contribution in [-0.2, 0) is 16.2 Å². The van der Waals surface area contributed by atoms with Crippen LogP contribution in [-0.4, -0.2) is 44.0 Å². The second kappa shape index (κ2) is 7.62. The first-order chi connectivity index (χ1) is 13.0. The number of hydrogen-bond donors (Lipinski definition) is 1. The number of hydrogen-bond acceptors (Lipinski definition) is 4. The Morgan fingerprint density at radius 3 is 2.25 bits per heavy atom. The molecule has 0 amide bonds. The largest absolute Gasteiger partial charge is 0.505 e. The molecule has 1 saturated heterocycles. The number of halogens is 5. The zero-order chi connectivity index (χ0) is 20.7. The number of rotatable bonds is 3. The lowest BCUT2D eigenvalue weighted by molar-refractivity contribution is -0.137. The number of sulfonamides is 1. The van der Waals surface area contributed by atoms with Gasteiger partial charge >= 0.3 is 6.18 Å². The third-order valence-electron chi connectivity index (χ3n) is 4.39. The van der Waals surface area contributed by atoms with E-state index in [0.717, 1.165) is 22.5 Å². The van der Waals surface area contributed by atoms with Gasteiger partial charge in [0.05, 0.1) is 10.6 Å². The molecule has 0 aromatic heterocycles. The van der Waals surface area contributed by atoms with E-state index < -0.39 is 32.4 Å². The highest BCUT2D eigenvalue weighted by atomic mass is 35.5. The monoisotopic (exact) mass is 454 g/mol. The van der Waals surface area contributed by atoms with Gasteiger partial charge in [-0.15, -0.1) is 0 Å². The lowest BCUT2D eigenvalue weighted by Gasteiger charge is -2.35. The fourth-order valence-corrected chi connectivity index (χ4v) is 5.11. The summed E-state index contributed by atoms with van der Waals surface area (Å²) in [7, 11) is -4.07. The van der Waals surface area contributed by atoms with Crippen LogP contribution in [0.2, 0.25) is 10.0 Å². The average Bonchev–Trinajstić information content (AvgIpc) is 2.64. The maximum atomic E-state index is 12.9. The van der Waals surface area contributed by atoms with E-state index in [4.69, 9.17) is 23.2 Å². The van der Waals surface area contributed by atoms with E-state index in [1.807, 2.05) is 0 Å². The molecule has 0 saturated carbocycles. The first-order valence-electron chi connectivity index (χ1n) is 8.10. The molecule has 0 radical (unpaired) electrons. The molecule has 1 N–H and O–H groups in total. The molecule has 2 aromatic carbocycles. The summed E-state index contributed by atoms with van der Waals surface area (Å²) in [5, 5.41) is 9.88. The zero-order valence-electron chi connectivity index (χ0n) is 14.2. The molecule has 28 heavy (non-hydrogen) atoms.